The largest absolute Gasteiger partial charge is 0.388 e. The number of unbranched alkanes of at least 4 members (excludes halogenated alkanes) is 17. The zero-order valence-corrected chi connectivity index (χ0v) is 28.8. The van der Waals surface area contributed by atoms with E-state index in [0.29, 0.717) is 39.6 Å². The van der Waals surface area contributed by atoms with E-state index in [1.165, 1.54) is 103 Å². The summed E-state index contributed by atoms with van der Waals surface area (Å²) in [5, 5.41) is 20.0. The average molecular weight is 643 g/mol. The third-order valence-electron chi connectivity index (χ3n) is 8.29. The standard InChI is InChI=1S/C40H66O6/c41-39(35-45-31-37-25-19-17-20-26-37)33-43-29-23-15-13-11-9-7-5-3-1-2-4-6-8-10-12-14-16-24-30-44-34-40(42)36-46-32-38-27-21-18-22-28-38/h17-22,25-28,39-42H,1-16,23-24,29-36H2/t39-,40-/m0/s1. The Labute approximate surface area is 281 Å². The fraction of sp³-hybridized carbons (Fsp3) is 0.700. The van der Waals surface area contributed by atoms with E-state index >= 15 is 0 Å². The highest BCUT2D eigenvalue weighted by Gasteiger charge is 2.06. The summed E-state index contributed by atoms with van der Waals surface area (Å²) in [7, 11) is 0. The van der Waals surface area contributed by atoms with E-state index in [1.54, 1.807) is 0 Å². The molecule has 2 aromatic carbocycles. The Bertz CT molecular complexity index is 806. The third kappa shape index (κ3) is 25.3. The fourth-order valence-corrected chi connectivity index (χ4v) is 5.55. The van der Waals surface area contributed by atoms with Gasteiger partial charge in [-0.1, -0.05) is 163 Å². The maximum Gasteiger partial charge on any atom is 0.101 e. The molecule has 2 aromatic rings. The van der Waals surface area contributed by atoms with Gasteiger partial charge in [0.05, 0.1) is 39.6 Å². The van der Waals surface area contributed by atoms with Crippen molar-refractivity contribution in [1.82, 2.24) is 0 Å². The lowest BCUT2D eigenvalue weighted by Crippen LogP contribution is -2.22. The van der Waals surface area contributed by atoms with Gasteiger partial charge < -0.3 is 29.2 Å². The van der Waals surface area contributed by atoms with Crippen LogP contribution in [0.1, 0.15) is 127 Å². The highest BCUT2D eigenvalue weighted by molar-refractivity contribution is 5.14. The molecule has 0 aromatic heterocycles. The number of hydrogen-bond acceptors (Lipinski definition) is 6. The summed E-state index contributed by atoms with van der Waals surface area (Å²) in [6.45, 7) is 3.85. The highest BCUT2D eigenvalue weighted by atomic mass is 16.5. The zero-order valence-electron chi connectivity index (χ0n) is 28.8. The molecule has 0 saturated heterocycles. The molecule has 0 aliphatic heterocycles. The summed E-state index contributed by atoms with van der Waals surface area (Å²) < 4.78 is 22.4. The van der Waals surface area contributed by atoms with Crippen LogP contribution < -0.4 is 0 Å². The van der Waals surface area contributed by atoms with Crippen molar-refractivity contribution in [2.45, 2.75) is 141 Å². The Hall–Kier alpha value is -1.80. The van der Waals surface area contributed by atoms with Crippen LogP contribution in [0.5, 0.6) is 0 Å². The molecule has 0 unspecified atom stereocenters. The van der Waals surface area contributed by atoms with Gasteiger partial charge in [0.25, 0.3) is 0 Å². The van der Waals surface area contributed by atoms with E-state index in [4.69, 9.17) is 18.9 Å². The predicted octanol–water partition coefficient (Wildman–Crippen LogP) is 9.20. The van der Waals surface area contributed by atoms with Gasteiger partial charge in [-0.25, -0.2) is 0 Å². The molecule has 2 atom stereocenters. The van der Waals surface area contributed by atoms with Crippen LogP contribution in [0.3, 0.4) is 0 Å². The summed E-state index contributed by atoms with van der Waals surface area (Å²) in [4.78, 5) is 0. The molecule has 0 fully saturated rings. The molecule has 262 valence electrons. The molecule has 0 radical (unpaired) electrons. The lowest BCUT2D eigenvalue weighted by atomic mass is 10.0. The van der Waals surface area contributed by atoms with Gasteiger partial charge in [-0.3, -0.25) is 0 Å². The van der Waals surface area contributed by atoms with Crippen LogP contribution in [0.4, 0.5) is 0 Å². The molecular weight excluding hydrogens is 576 g/mol. The van der Waals surface area contributed by atoms with Crippen molar-refractivity contribution in [2.75, 3.05) is 39.6 Å². The van der Waals surface area contributed by atoms with Crippen LogP contribution in [0.25, 0.3) is 0 Å². The molecule has 0 bridgehead atoms. The van der Waals surface area contributed by atoms with E-state index in [0.717, 1.165) is 37.2 Å². The zero-order chi connectivity index (χ0) is 32.6. The summed E-state index contributed by atoms with van der Waals surface area (Å²) >= 11 is 0. The Balaban J connectivity index is 1.18. The van der Waals surface area contributed by atoms with Crippen molar-refractivity contribution in [3.05, 3.63) is 71.8 Å². The second-order valence-corrected chi connectivity index (χ2v) is 12.8. The second kappa shape index (κ2) is 30.5. The van der Waals surface area contributed by atoms with Crippen LogP contribution in [-0.4, -0.2) is 62.1 Å². The number of ether oxygens (including phenoxy) is 4. The minimum Gasteiger partial charge on any atom is -0.388 e. The molecular formula is C40H66O6. The van der Waals surface area contributed by atoms with E-state index in [9.17, 15) is 10.2 Å². The number of aliphatic hydroxyl groups is 2. The summed E-state index contributed by atoms with van der Waals surface area (Å²) in [6.07, 6.45) is 22.5. The van der Waals surface area contributed by atoms with Gasteiger partial charge in [0.15, 0.2) is 0 Å². The Morgan fingerprint density at radius 3 is 0.913 bits per heavy atom. The Morgan fingerprint density at radius 2 is 0.609 bits per heavy atom. The number of benzene rings is 2. The minimum absolute atomic E-state index is 0.315. The number of rotatable bonds is 33. The molecule has 6 nitrogen and oxygen atoms in total. The minimum atomic E-state index is -0.554. The van der Waals surface area contributed by atoms with Crippen molar-refractivity contribution in [1.29, 1.82) is 0 Å². The first-order valence-corrected chi connectivity index (χ1v) is 18.5. The lowest BCUT2D eigenvalue weighted by molar-refractivity contribution is -0.0239. The van der Waals surface area contributed by atoms with Crippen LogP contribution >= 0.6 is 0 Å². The number of aliphatic hydroxyl groups excluding tert-OH is 2. The maximum atomic E-state index is 9.98. The normalized spacial score (nSPS) is 12.8. The topological polar surface area (TPSA) is 77.4 Å². The smallest absolute Gasteiger partial charge is 0.101 e. The van der Waals surface area contributed by atoms with Gasteiger partial charge in [-0.05, 0) is 24.0 Å². The van der Waals surface area contributed by atoms with Crippen molar-refractivity contribution in [2.24, 2.45) is 0 Å². The van der Waals surface area contributed by atoms with Gasteiger partial charge in [-0.15, -0.1) is 0 Å². The maximum absolute atomic E-state index is 9.98. The van der Waals surface area contributed by atoms with Crippen LogP contribution in [0, 0.1) is 0 Å². The van der Waals surface area contributed by atoms with Crippen LogP contribution in [0.2, 0.25) is 0 Å². The van der Waals surface area contributed by atoms with Crippen LogP contribution in [0.15, 0.2) is 60.7 Å². The van der Waals surface area contributed by atoms with E-state index in [2.05, 4.69) is 0 Å². The van der Waals surface area contributed by atoms with Crippen molar-refractivity contribution < 1.29 is 29.2 Å². The second-order valence-electron chi connectivity index (χ2n) is 12.8. The van der Waals surface area contributed by atoms with Crippen LogP contribution in [-0.2, 0) is 32.2 Å². The molecule has 0 saturated carbocycles. The van der Waals surface area contributed by atoms with Gasteiger partial charge >= 0.3 is 0 Å². The quantitative estimate of drug-likeness (QED) is 0.0756. The first-order valence-electron chi connectivity index (χ1n) is 18.5. The van der Waals surface area contributed by atoms with Gasteiger partial charge in [0, 0.05) is 13.2 Å². The molecule has 0 spiro atoms. The monoisotopic (exact) mass is 642 g/mol. The van der Waals surface area contributed by atoms with Gasteiger partial charge in [0.2, 0.25) is 0 Å². The highest BCUT2D eigenvalue weighted by Crippen LogP contribution is 2.14. The van der Waals surface area contributed by atoms with Gasteiger partial charge in [-0.2, -0.15) is 0 Å². The first-order chi connectivity index (χ1) is 22.7. The third-order valence-corrected chi connectivity index (χ3v) is 8.29. The van der Waals surface area contributed by atoms with E-state index in [1.807, 2.05) is 60.7 Å². The Kier molecular flexibility index (Phi) is 26.8. The van der Waals surface area contributed by atoms with Crippen molar-refractivity contribution in [3.8, 4) is 0 Å². The fourth-order valence-electron chi connectivity index (χ4n) is 5.55. The summed E-state index contributed by atoms with van der Waals surface area (Å²) in [5.41, 5.74) is 2.24. The predicted molar refractivity (Wildman–Crippen MR) is 189 cm³/mol. The average Bonchev–Trinajstić information content (AvgIpc) is 3.07. The van der Waals surface area contributed by atoms with Gasteiger partial charge in [0.1, 0.15) is 12.2 Å². The molecule has 0 aliphatic rings. The van der Waals surface area contributed by atoms with E-state index < -0.39 is 12.2 Å². The molecule has 0 aliphatic carbocycles. The Morgan fingerprint density at radius 1 is 0.348 bits per heavy atom. The molecule has 2 rings (SSSR count). The summed E-state index contributed by atoms with van der Waals surface area (Å²) in [6, 6.07) is 20.1. The van der Waals surface area contributed by atoms with E-state index in [-0.39, 0.29) is 0 Å². The molecule has 46 heavy (non-hydrogen) atoms. The first kappa shape index (κ1) is 40.4. The lowest BCUT2D eigenvalue weighted by Gasteiger charge is -2.12. The SMILES string of the molecule is O[C@@H](COCCCCCCCCCCCCCCCCCCCCOC[C@H](O)COCc1ccccc1)COCc1ccccc1. The summed E-state index contributed by atoms with van der Waals surface area (Å²) in [5.74, 6) is 0. The van der Waals surface area contributed by atoms with Crippen molar-refractivity contribution >= 4 is 0 Å². The number of hydrogen-bond donors (Lipinski definition) is 2. The van der Waals surface area contributed by atoms with Crippen molar-refractivity contribution in [3.63, 3.8) is 0 Å². The molecule has 0 heterocycles. The molecule has 6 heteroatoms. The molecule has 0 amide bonds. The molecule has 2 N–H and O–H groups in total.